The molecule has 6 heteroatoms. The summed E-state index contributed by atoms with van der Waals surface area (Å²) in [4.78, 5) is 31.4. The van der Waals surface area contributed by atoms with Gasteiger partial charge in [0.15, 0.2) is 0 Å². The molecule has 0 spiro atoms. The Kier molecular flexibility index (Phi) is 10.8. The molecule has 6 nitrogen and oxygen atoms in total. The van der Waals surface area contributed by atoms with Gasteiger partial charge in [-0.2, -0.15) is 0 Å². The number of hydrogen-bond acceptors (Lipinski definition) is 2. The smallest absolute Gasteiger partial charge is 0.318 e. The number of urea groups is 2. The molecule has 46 heavy (non-hydrogen) atoms. The van der Waals surface area contributed by atoms with Crippen molar-refractivity contribution in [3.05, 3.63) is 144 Å². The van der Waals surface area contributed by atoms with Gasteiger partial charge in [-0.05, 0) is 52.3 Å². The molecule has 0 aliphatic heterocycles. The molecule has 0 bridgehead atoms. The molecule has 0 saturated heterocycles. The summed E-state index contributed by atoms with van der Waals surface area (Å²) in [6.07, 6.45) is 2.65. The zero-order chi connectivity index (χ0) is 32.4. The standard InChI is InChI=1S/C40H48N4O2/c1-39(2)24-36(42-38(46)44(28-34-20-12-6-13-21-34)29-35-22-14-7-15-23-35)25-40(3,30-39)31-41-37(45)43(26-32-16-8-4-9-17-32)27-33-18-10-5-11-19-33/h4-23,36H,24-31H2,1-3H3,(H,41,45)(H,42,46)/t36-,40+/m0/s1. The van der Waals surface area contributed by atoms with E-state index in [1.54, 1.807) is 0 Å². The SMILES string of the molecule is CC1(C)C[C@H](NC(=O)N(Cc2ccccc2)Cc2ccccc2)C[C@@](C)(CNC(=O)N(Cc2ccccc2)Cc2ccccc2)C1. The van der Waals surface area contributed by atoms with Crippen LogP contribution in [0.25, 0.3) is 0 Å². The minimum absolute atomic E-state index is 0.00283. The molecular weight excluding hydrogens is 568 g/mol. The van der Waals surface area contributed by atoms with E-state index in [1.807, 2.05) is 82.6 Å². The lowest BCUT2D eigenvalue weighted by Crippen LogP contribution is -2.53. The monoisotopic (exact) mass is 616 g/mol. The maximum Gasteiger partial charge on any atom is 0.318 e. The van der Waals surface area contributed by atoms with E-state index < -0.39 is 0 Å². The van der Waals surface area contributed by atoms with Gasteiger partial charge in [-0.3, -0.25) is 0 Å². The first-order valence-electron chi connectivity index (χ1n) is 16.4. The first kappa shape index (κ1) is 32.8. The molecule has 0 heterocycles. The maximum atomic E-state index is 13.9. The fourth-order valence-electron chi connectivity index (χ4n) is 7.15. The van der Waals surface area contributed by atoms with Crippen molar-refractivity contribution < 1.29 is 9.59 Å². The molecule has 2 atom stereocenters. The van der Waals surface area contributed by atoms with Crippen LogP contribution in [0.1, 0.15) is 62.3 Å². The second-order valence-corrected chi connectivity index (χ2v) is 14.0. The van der Waals surface area contributed by atoms with Gasteiger partial charge in [0.05, 0.1) is 0 Å². The third kappa shape index (κ3) is 9.71. The van der Waals surface area contributed by atoms with Crippen LogP contribution in [-0.4, -0.2) is 34.4 Å². The topological polar surface area (TPSA) is 64.7 Å². The number of amides is 4. The number of carbonyl (C=O) groups is 2. The van der Waals surface area contributed by atoms with Gasteiger partial charge in [0, 0.05) is 38.8 Å². The second kappa shape index (κ2) is 15.1. The minimum Gasteiger partial charge on any atom is -0.337 e. The average Bonchev–Trinajstić information content (AvgIpc) is 3.04. The van der Waals surface area contributed by atoms with E-state index in [9.17, 15) is 9.59 Å². The Hall–Kier alpha value is -4.58. The van der Waals surface area contributed by atoms with Gasteiger partial charge in [0.1, 0.15) is 0 Å². The minimum atomic E-state index is -0.176. The van der Waals surface area contributed by atoms with Crippen molar-refractivity contribution >= 4 is 12.1 Å². The highest BCUT2D eigenvalue weighted by molar-refractivity contribution is 5.75. The Morgan fingerprint density at radius 1 is 0.587 bits per heavy atom. The number of carbonyl (C=O) groups excluding carboxylic acids is 2. The molecule has 0 aromatic heterocycles. The fraction of sp³-hybridized carbons (Fsp3) is 0.350. The van der Waals surface area contributed by atoms with Crippen LogP contribution in [0.2, 0.25) is 0 Å². The van der Waals surface area contributed by atoms with Crippen LogP contribution >= 0.6 is 0 Å². The van der Waals surface area contributed by atoms with Gasteiger partial charge in [-0.25, -0.2) is 9.59 Å². The number of nitrogens with zero attached hydrogens (tertiary/aromatic N) is 2. The van der Waals surface area contributed by atoms with E-state index in [4.69, 9.17) is 0 Å². The molecule has 1 saturated carbocycles. The molecule has 2 N–H and O–H groups in total. The Balaban J connectivity index is 1.26. The van der Waals surface area contributed by atoms with Gasteiger partial charge in [-0.15, -0.1) is 0 Å². The highest BCUT2D eigenvalue weighted by Crippen LogP contribution is 2.46. The van der Waals surface area contributed by atoms with Gasteiger partial charge >= 0.3 is 12.1 Å². The molecule has 5 rings (SSSR count). The van der Waals surface area contributed by atoms with E-state index in [0.29, 0.717) is 32.7 Å². The van der Waals surface area contributed by atoms with Gasteiger partial charge in [0.25, 0.3) is 0 Å². The van der Waals surface area contributed by atoms with Crippen molar-refractivity contribution in [2.75, 3.05) is 6.54 Å². The molecular formula is C40H48N4O2. The largest absolute Gasteiger partial charge is 0.337 e. The molecule has 4 aromatic rings. The Morgan fingerprint density at radius 3 is 1.35 bits per heavy atom. The highest BCUT2D eigenvalue weighted by Gasteiger charge is 2.42. The first-order chi connectivity index (χ1) is 22.2. The zero-order valence-electron chi connectivity index (χ0n) is 27.5. The van der Waals surface area contributed by atoms with Crippen molar-refractivity contribution in [3.63, 3.8) is 0 Å². The van der Waals surface area contributed by atoms with E-state index in [2.05, 4.69) is 79.9 Å². The van der Waals surface area contributed by atoms with E-state index in [0.717, 1.165) is 41.5 Å². The highest BCUT2D eigenvalue weighted by atomic mass is 16.2. The first-order valence-corrected chi connectivity index (χ1v) is 16.4. The summed E-state index contributed by atoms with van der Waals surface area (Å²) < 4.78 is 0. The van der Waals surface area contributed by atoms with Gasteiger partial charge < -0.3 is 20.4 Å². The Morgan fingerprint density at radius 2 is 0.957 bits per heavy atom. The van der Waals surface area contributed by atoms with Crippen LogP contribution in [0, 0.1) is 10.8 Å². The molecule has 1 aliphatic carbocycles. The molecule has 4 aromatic carbocycles. The molecule has 4 amide bonds. The molecule has 1 fully saturated rings. The fourth-order valence-corrected chi connectivity index (χ4v) is 7.15. The number of nitrogens with one attached hydrogen (secondary N) is 2. The predicted molar refractivity (Wildman–Crippen MR) is 186 cm³/mol. The lowest BCUT2D eigenvalue weighted by Gasteiger charge is -2.47. The number of rotatable bonds is 11. The zero-order valence-corrected chi connectivity index (χ0v) is 27.5. The molecule has 0 radical (unpaired) electrons. The van der Waals surface area contributed by atoms with Crippen LogP contribution in [0.3, 0.4) is 0 Å². The predicted octanol–water partition coefficient (Wildman–Crippen LogP) is 8.40. The van der Waals surface area contributed by atoms with Crippen LogP contribution < -0.4 is 10.6 Å². The lowest BCUT2D eigenvalue weighted by atomic mass is 9.62. The lowest BCUT2D eigenvalue weighted by molar-refractivity contribution is 0.0701. The number of hydrogen-bond donors (Lipinski definition) is 2. The quantitative estimate of drug-likeness (QED) is 0.178. The van der Waals surface area contributed by atoms with Crippen molar-refractivity contribution in [2.24, 2.45) is 10.8 Å². The maximum absolute atomic E-state index is 13.9. The van der Waals surface area contributed by atoms with E-state index in [-0.39, 0.29) is 28.9 Å². The average molecular weight is 617 g/mol. The van der Waals surface area contributed by atoms with Crippen LogP contribution in [0.4, 0.5) is 9.59 Å². The summed E-state index contributed by atoms with van der Waals surface area (Å²) >= 11 is 0. The van der Waals surface area contributed by atoms with E-state index in [1.165, 1.54) is 0 Å². The summed E-state index contributed by atoms with van der Waals surface area (Å²) in [7, 11) is 0. The number of benzene rings is 4. The third-order valence-corrected chi connectivity index (χ3v) is 8.88. The summed E-state index contributed by atoms with van der Waals surface area (Å²) in [5, 5.41) is 6.71. The van der Waals surface area contributed by atoms with Crippen molar-refractivity contribution in [2.45, 2.75) is 72.3 Å². The Labute approximate surface area is 274 Å². The van der Waals surface area contributed by atoms with E-state index >= 15 is 0 Å². The van der Waals surface area contributed by atoms with Crippen LogP contribution in [0.15, 0.2) is 121 Å². The van der Waals surface area contributed by atoms with Crippen molar-refractivity contribution in [3.8, 4) is 0 Å². The van der Waals surface area contributed by atoms with Crippen molar-refractivity contribution in [1.82, 2.24) is 20.4 Å². The Bertz CT molecular complexity index is 1450. The summed E-state index contributed by atoms with van der Waals surface area (Å²) in [5.41, 5.74) is 4.22. The second-order valence-electron chi connectivity index (χ2n) is 14.0. The van der Waals surface area contributed by atoms with Crippen molar-refractivity contribution in [1.29, 1.82) is 0 Å². The van der Waals surface area contributed by atoms with Gasteiger partial charge in [0.2, 0.25) is 0 Å². The molecule has 1 aliphatic rings. The summed E-state index contributed by atoms with van der Waals surface area (Å²) in [6, 6.07) is 40.4. The van der Waals surface area contributed by atoms with Crippen LogP contribution in [0.5, 0.6) is 0 Å². The molecule has 0 unspecified atom stereocenters. The van der Waals surface area contributed by atoms with Crippen LogP contribution in [-0.2, 0) is 26.2 Å². The summed E-state index contributed by atoms with van der Waals surface area (Å²) in [5.74, 6) is 0. The normalized spacial score (nSPS) is 18.7. The molecule has 240 valence electrons. The summed E-state index contributed by atoms with van der Waals surface area (Å²) in [6.45, 7) is 9.45. The third-order valence-electron chi connectivity index (χ3n) is 8.88. The van der Waals surface area contributed by atoms with Gasteiger partial charge in [-0.1, -0.05) is 142 Å².